The number of nitrogens with one attached hydrogen (secondary N) is 3. The fraction of sp³-hybridized carbons (Fsp3) is 0.556. The van der Waals surface area contributed by atoms with Crippen molar-refractivity contribution in [2.45, 2.75) is 26.4 Å². The summed E-state index contributed by atoms with van der Waals surface area (Å²) in [6.45, 7) is 5.78. The maximum absolute atomic E-state index is 11.8. The molecule has 1 aliphatic carbocycles. The van der Waals surface area contributed by atoms with Gasteiger partial charge in [0, 0.05) is 11.1 Å². The Labute approximate surface area is 110 Å². The Balaban J connectivity index is 2.51. The number of carbonyl (C=O) groups excluding carboxylic acids is 2. The normalized spacial score (nSPS) is 19.6. The zero-order valence-electron chi connectivity index (χ0n) is 11.1. The molecule has 1 unspecified atom stereocenters. The molecule has 0 fully saturated rings. The molecule has 0 aromatic heterocycles. The van der Waals surface area contributed by atoms with Gasteiger partial charge < -0.3 is 9.85 Å². The number of carbonyl (C=O) groups is 2. The van der Waals surface area contributed by atoms with Crippen molar-refractivity contribution in [2.75, 3.05) is 0 Å². The van der Waals surface area contributed by atoms with Crippen molar-refractivity contribution in [3.63, 3.8) is 0 Å². The molecule has 7 nitrogen and oxygen atoms in total. The van der Waals surface area contributed by atoms with Gasteiger partial charge in [0.25, 0.3) is 14.4 Å². The van der Waals surface area contributed by atoms with Crippen molar-refractivity contribution in [2.24, 2.45) is 11.7 Å². The smallest absolute Gasteiger partial charge is 0.266 e. The second-order valence-electron chi connectivity index (χ2n) is 4.78. The Bertz CT molecular complexity index is 397. The Kier molecular flexibility index (Phi) is 4.81. The average molecular weight is 288 g/mol. The Morgan fingerprint density at radius 1 is 1.50 bits per heavy atom. The van der Waals surface area contributed by atoms with E-state index in [1.807, 2.05) is 20.0 Å². The van der Waals surface area contributed by atoms with Gasteiger partial charge in [-0.3, -0.25) is 15.0 Å². The molecule has 0 saturated heterocycles. The summed E-state index contributed by atoms with van der Waals surface area (Å²) in [5, 5.41) is 2.93. The standard InChI is InChI=1S/C9H20N4O3Si2/c1-5-4-6(7(5)8(10)14)9(15)11-12-13-18(2,3)16-17/h5,12-13H,4H2,1-3,17H3,(H2,10,14)(H,11,15). The predicted octanol–water partition coefficient (Wildman–Crippen LogP) is -2.07. The highest BCUT2D eigenvalue weighted by Crippen LogP contribution is 2.33. The van der Waals surface area contributed by atoms with Crippen LogP contribution in [-0.4, -0.2) is 30.8 Å². The number of hydrazine groups is 2. The quantitative estimate of drug-likeness (QED) is 0.332. The summed E-state index contributed by atoms with van der Waals surface area (Å²) < 4.78 is 5.36. The minimum absolute atomic E-state index is 0.0620. The van der Waals surface area contributed by atoms with Crippen molar-refractivity contribution in [1.29, 1.82) is 0 Å². The molecule has 0 saturated carbocycles. The van der Waals surface area contributed by atoms with Crippen LogP contribution < -0.4 is 21.8 Å². The Morgan fingerprint density at radius 2 is 2.11 bits per heavy atom. The van der Waals surface area contributed by atoms with Crippen LogP contribution in [-0.2, 0) is 13.7 Å². The topological polar surface area (TPSA) is 105 Å². The number of hydrogen-bond donors (Lipinski definition) is 4. The second kappa shape index (κ2) is 5.76. The van der Waals surface area contributed by atoms with E-state index in [-0.39, 0.29) is 11.8 Å². The van der Waals surface area contributed by atoms with Gasteiger partial charge in [-0.15, -0.1) is 0 Å². The molecule has 0 bridgehead atoms. The van der Waals surface area contributed by atoms with Crippen LogP contribution in [0.15, 0.2) is 11.1 Å². The van der Waals surface area contributed by atoms with Crippen LogP contribution in [0.25, 0.3) is 0 Å². The van der Waals surface area contributed by atoms with Crippen LogP contribution in [0.5, 0.6) is 0 Å². The van der Waals surface area contributed by atoms with Gasteiger partial charge in [0.05, 0.1) is 0 Å². The molecule has 0 heterocycles. The third-order valence-corrected chi connectivity index (χ3v) is 7.73. The molecular formula is C9H20N4O3Si2. The van der Waals surface area contributed by atoms with Gasteiger partial charge in [-0.05, 0) is 25.4 Å². The second-order valence-corrected chi connectivity index (χ2v) is 9.68. The summed E-state index contributed by atoms with van der Waals surface area (Å²) in [4.78, 5) is 22.9. The fourth-order valence-electron chi connectivity index (χ4n) is 1.66. The average Bonchev–Trinajstić information content (AvgIpc) is 2.24. The lowest BCUT2D eigenvalue weighted by atomic mass is 9.78. The molecule has 1 atom stereocenters. The van der Waals surface area contributed by atoms with E-state index in [4.69, 9.17) is 9.85 Å². The molecule has 2 amide bonds. The molecule has 0 aromatic rings. The SMILES string of the molecule is CC1CC(C(=O)NNN[Si](C)(C)O[SiH3])=C1C(N)=O. The molecule has 0 aliphatic heterocycles. The van der Waals surface area contributed by atoms with Crippen LogP contribution >= 0.6 is 0 Å². The van der Waals surface area contributed by atoms with Gasteiger partial charge in [0.15, 0.2) is 0 Å². The third kappa shape index (κ3) is 3.49. The third-order valence-electron chi connectivity index (χ3n) is 2.92. The summed E-state index contributed by atoms with van der Waals surface area (Å²) in [7, 11) is -1.31. The summed E-state index contributed by atoms with van der Waals surface area (Å²) in [6, 6.07) is 0. The lowest BCUT2D eigenvalue weighted by Gasteiger charge is -2.28. The van der Waals surface area contributed by atoms with E-state index >= 15 is 0 Å². The largest absolute Gasteiger partial charge is 0.452 e. The first-order chi connectivity index (χ1) is 8.28. The summed E-state index contributed by atoms with van der Waals surface area (Å²) in [6.07, 6.45) is 0.573. The fourth-order valence-corrected chi connectivity index (χ4v) is 2.43. The lowest BCUT2D eigenvalue weighted by molar-refractivity contribution is -0.121. The molecule has 5 N–H and O–H groups in total. The van der Waals surface area contributed by atoms with Crippen LogP contribution in [0.1, 0.15) is 13.3 Å². The van der Waals surface area contributed by atoms with Gasteiger partial charge in [-0.25, -0.2) is 5.09 Å². The predicted molar refractivity (Wildman–Crippen MR) is 72.9 cm³/mol. The molecule has 0 spiro atoms. The minimum atomic E-state index is -1.95. The van der Waals surface area contributed by atoms with Gasteiger partial charge in [0.2, 0.25) is 5.91 Å². The molecule has 18 heavy (non-hydrogen) atoms. The van der Waals surface area contributed by atoms with Crippen molar-refractivity contribution in [1.82, 2.24) is 16.1 Å². The maximum atomic E-state index is 11.8. The highest BCUT2D eigenvalue weighted by molar-refractivity contribution is 6.71. The van der Waals surface area contributed by atoms with E-state index in [0.717, 1.165) is 0 Å². The molecule has 1 aliphatic rings. The van der Waals surface area contributed by atoms with E-state index in [2.05, 4.69) is 16.1 Å². The van der Waals surface area contributed by atoms with E-state index in [0.29, 0.717) is 28.1 Å². The van der Waals surface area contributed by atoms with Gasteiger partial charge in [-0.2, -0.15) is 5.53 Å². The summed E-state index contributed by atoms with van der Waals surface area (Å²) in [5.74, 6) is -0.788. The first-order valence-electron chi connectivity index (χ1n) is 5.69. The van der Waals surface area contributed by atoms with Gasteiger partial charge in [-0.1, -0.05) is 6.92 Å². The van der Waals surface area contributed by atoms with Crippen LogP contribution in [0.3, 0.4) is 0 Å². The first kappa shape index (κ1) is 15.1. The van der Waals surface area contributed by atoms with Crippen LogP contribution in [0.2, 0.25) is 13.1 Å². The van der Waals surface area contributed by atoms with E-state index in [9.17, 15) is 9.59 Å². The van der Waals surface area contributed by atoms with Crippen LogP contribution in [0, 0.1) is 5.92 Å². The molecule has 0 radical (unpaired) electrons. The zero-order chi connectivity index (χ0) is 13.9. The monoisotopic (exact) mass is 288 g/mol. The molecule has 102 valence electrons. The van der Waals surface area contributed by atoms with Crippen LogP contribution in [0.4, 0.5) is 0 Å². The van der Waals surface area contributed by atoms with Gasteiger partial charge >= 0.3 is 0 Å². The highest BCUT2D eigenvalue weighted by Gasteiger charge is 2.33. The van der Waals surface area contributed by atoms with Crippen molar-refractivity contribution in [3.8, 4) is 0 Å². The number of nitrogens with two attached hydrogens (primary N) is 1. The van der Waals surface area contributed by atoms with Crippen molar-refractivity contribution in [3.05, 3.63) is 11.1 Å². The number of primary amides is 1. The van der Waals surface area contributed by atoms with E-state index < -0.39 is 14.4 Å². The van der Waals surface area contributed by atoms with Crippen molar-refractivity contribution >= 4 is 30.8 Å². The number of amides is 2. The summed E-state index contributed by atoms with van der Waals surface area (Å²) >= 11 is 0. The van der Waals surface area contributed by atoms with Gasteiger partial charge in [0.1, 0.15) is 10.5 Å². The van der Waals surface area contributed by atoms with Crippen molar-refractivity contribution < 1.29 is 13.7 Å². The lowest BCUT2D eigenvalue weighted by Crippen LogP contribution is -2.60. The molecule has 1 rings (SSSR count). The number of rotatable bonds is 6. The van der Waals surface area contributed by atoms with E-state index in [1.54, 1.807) is 0 Å². The summed E-state index contributed by atoms with van der Waals surface area (Å²) in [5.41, 5.74) is 11.2. The Morgan fingerprint density at radius 3 is 2.56 bits per heavy atom. The minimum Gasteiger partial charge on any atom is -0.452 e. The molecule has 0 aromatic carbocycles. The molecule has 9 heteroatoms. The Hall–Kier alpha value is -1.01. The molecular weight excluding hydrogens is 268 g/mol. The number of hydrogen-bond acceptors (Lipinski definition) is 5. The first-order valence-corrected chi connectivity index (χ1v) is 9.41. The maximum Gasteiger partial charge on any atom is 0.266 e. The van der Waals surface area contributed by atoms with E-state index in [1.165, 1.54) is 0 Å². The zero-order valence-corrected chi connectivity index (χ0v) is 14.1. The highest BCUT2D eigenvalue weighted by atomic mass is 28.4.